The molecule has 102 valence electrons. The van der Waals surface area contributed by atoms with Crippen LogP contribution in [0.3, 0.4) is 0 Å². The number of carbonyl (C=O) groups is 2. The Balaban J connectivity index is 0.00000220. The van der Waals surface area contributed by atoms with E-state index in [0.29, 0.717) is 0 Å². The minimum absolute atomic E-state index is 0. The summed E-state index contributed by atoms with van der Waals surface area (Å²) >= 11 is 0. The van der Waals surface area contributed by atoms with Gasteiger partial charge < -0.3 is 15.2 Å². The third-order valence-electron chi connectivity index (χ3n) is 2.67. The van der Waals surface area contributed by atoms with Gasteiger partial charge in [-0.3, -0.25) is 9.78 Å². The summed E-state index contributed by atoms with van der Waals surface area (Å²) in [5.74, 6) is -1.94. The minimum Gasteiger partial charge on any atom is -0.548 e. The van der Waals surface area contributed by atoms with Crippen molar-refractivity contribution in [2.45, 2.75) is 12.5 Å². The summed E-state index contributed by atoms with van der Waals surface area (Å²) in [6.07, 6.45) is 4.20. The molecule has 0 fully saturated rings. The van der Waals surface area contributed by atoms with E-state index in [1.165, 1.54) is 18.6 Å². The van der Waals surface area contributed by atoms with Crippen molar-refractivity contribution >= 4 is 11.9 Å². The van der Waals surface area contributed by atoms with Crippen LogP contribution in [0.25, 0.3) is 0 Å². The Morgan fingerprint density at radius 2 is 1.90 bits per heavy atom. The summed E-state index contributed by atoms with van der Waals surface area (Å²) in [5, 5.41) is 13.5. The van der Waals surface area contributed by atoms with Gasteiger partial charge >= 0.3 is 29.6 Å². The number of aliphatic carboxylic acids is 1. The Labute approximate surface area is 143 Å². The molecule has 1 N–H and O–H groups in total. The monoisotopic (exact) mass is 293 g/mol. The zero-order chi connectivity index (χ0) is 14.4. The summed E-state index contributed by atoms with van der Waals surface area (Å²) in [6, 6.07) is 7.87. The largest absolute Gasteiger partial charge is 1.00 e. The van der Waals surface area contributed by atoms with Gasteiger partial charge in [-0.1, -0.05) is 30.3 Å². The fraction of sp³-hybridized carbons (Fsp3) is 0.143. The number of hydrogen-bond acceptors (Lipinski definition) is 5. The average Bonchev–Trinajstić information content (AvgIpc) is 2.48. The van der Waals surface area contributed by atoms with Gasteiger partial charge in [0, 0.05) is 12.4 Å². The van der Waals surface area contributed by atoms with Gasteiger partial charge in [0.05, 0.1) is 18.2 Å². The Morgan fingerprint density at radius 1 is 1.19 bits per heavy atom. The van der Waals surface area contributed by atoms with Crippen LogP contribution in [0, 0.1) is 0 Å². The van der Waals surface area contributed by atoms with Gasteiger partial charge in [-0.25, -0.2) is 4.98 Å². The first-order chi connectivity index (χ1) is 9.66. The summed E-state index contributed by atoms with van der Waals surface area (Å²) in [6.45, 7) is 0. The molecule has 0 saturated heterocycles. The number of nitrogens with zero attached hydrogens (tertiary/aromatic N) is 2. The summed E-state index contributed by atoms with van der Waals surface area (Å²) < 4.78 is 0. The molecule has 0 spiro atoms. The molecule has 0 aliphatic rings. The van der Waals surface area contributed by atoms with Gasteiger partial charge in [0.25, 0.3) is 5.91 Å². The Morgan fingerprint density at radius 3 is 2.48 bits per heavy atom. The first kappa shape index (κ1) is 17.3. The van der Waals surface area contributed by atoms with Gasteiger partial charge in [0.2, 0.25) is 0 Å². The van der Waals surface area contributed by atoms with Crippen LogP contribution in [0.2, 0.25) is 0 Å². The summed E-state index contributed by atoms with van der Waals surface area (Å²) in [4.78, 5) is 30.5. The zero-order valence-corrected chi connectivity index (χ0v) is 13.5. The Kier molecular flexibility index (Phi) is 7.01. The zero-order valence-electron chi connectivity index (χ0n) is 11.5. The Hall–Kier alpha value is -1.76. The first-order valence-electron chi connectivity index (χ1n) is 5.98. The smallest absolute Gasteiger partial charge is 0.548 e. The molecule has 0 aliphatic carbocycles. The van der Waals surface area contributed by atoms with Crippen molar-refractivity contribution < 1.29 is 44.3 Å². The van der Waals surface area contributed by atoms with Crippen molar-refractivity contribution in [3.8, 4) is 0 Å². The fourth-order valence-corrected chi connectivity index (χ4v) is 1.69. The van der Waals surface area contributed by atoms with Crippen LogP contribution in [0.15, 0.2) is 48.9 Å². The SMILES string of the molecule is O=C(N[C@@H](Cc1ccccc1)C(=O)[O-])c1cnccn1.[Na+]. The predicted molar refractivity (Wildman–Crippen MR) is 68.4 cm³/mol. The molecule has 1 atom stereocenters. The van der Waals surface area contributed by atoms with Gasteiger partial charge in [0.1, 0.15) is 5.69 Å². The molecule has 7 heteroatoms. The third-order valence-corrected chi connectivity index (χ3v) is 2.67. The average molecular weight is 293 g/mol. The normalized spacial score (nSPS) is 11.0. The minimum atomic E-state index is -1.34. The number of aromatic nitrogens is 2. The molecule has 0 saturated carbocycles. The van der Waals surface area contributed by atoms with Crippen LogP contribution in [0.4, 0.5) is 0 Å². The van der Waals surface area contributed by atoms with E-state index in [-0.39, 0.29) is 41.7 Å². The topological polar surface area (TPSA) is 95.0 Å². The van der Waals surface area contributed by atoms with E-state index >= 15 is 0 Å². The van der Waals surface area contributed by atoms with E-state index < -0.39 is 17.9 Å². The predicted octanol–water partition coefficient (Wildman–Crippen LogP) is -3.43. The maximum atomic E-state index is 11.8. The Bertz CT molecular complexity index is 593. The maximum absolute atomic E-state index is 11.8. The molecule has 0 unspecified atom stereocenters. The van der Waals surface area contributed by atoms with E-state index in [0.717, 1.165) is 5.56 Å². The van der Waals surface area contributed by atoms with Gasteiger partial charge in [0.15, 0.2) is 0 Å². The van der Waals surface area contributed by atoms with Crippen molar-refractivity contribution in [1.82, 2.24) is 15.3 Å². The van der Waals surface area contributed by atoms with Crippen molar-refractivity contribution in [2.24, 2.45) is 0 Å². The molecular formula is C14H12N3NaO3. The first-order valence-corrected chi connectivity index (χ1v) is 5.98. The van der Waals surface area contributed by atoms with E-state index in [1.54, 1.807) is 24.3 Å². The molecule has 2 rings (SSSR count). The van der Waals surface area contributed by atoms with Gasteiger partial charge in [-0.2, -0.15) is 0 Å². The fourth-order valence-electron chi connectivity index (χ4n) is 1.69. The van der Waals surface area contributed by atoms with Crippen LogP contribution in [0.1, 0.15) is 16.1 Å². The number of carbonyl (C=O) groups excluding carboxylic acids is 2. The quantitative estimate of drug-likeness (QED) is 0.579. The van der Waals surface area contributed by atoms with Gasteiger partial charge in [-0.05, 0) is 12.0 Å². The molecule has 1 aromatic heterocycles. The maximum Gasteiger partial charge on any atom is 1.00 e. The molecule has 6 nitrogen and oxygen atoms in total. The number of carboxylic acid groups (broad SMARTS) is 1. The summed E-state index contributed by atoms with van der Waals surface area (Å²) in [7, 11) is 0. The second kappa shape index (κ2) is 8.51. The third kappa shape index (κ3) is 5.26. The van der Waals surface area contributed by atoms with Crippen molar-refractivity contribution in [1.29, 1.82) is 0 Å². The van der Waals surface area contributed by atoms with Crippen LogP contribution in [-0.4, -0.2) is 27.9 Å². The van der Waals surface area contributed by atoms with Crippen LogP contribution in [-0.2, 0) is 11.2 Å². The number of hydrogen-bond donors (Lipinski definition) is 1. The molecule has 1 amide bonds. The molecule has 0 bridgehead atoms. The molecule has 2 aromatic rings. The van der Waals surface area contributed by atoms with E-state index in [1.807, 2.05) is 6.07 Å². The van der Waals surface area contributed by atoms with E-state index in [2.05, 4.69) is 15.3 Å². The van der Waals surface area contributed by atoms with E-state index in [9.17, 15) is 14.7 Å². The number of benzene rings is 1. The number of rotatable bonds is 5. The van der Waals surface area contributed by atoms with Crippen molar-refractivity contribution in [3.63, 3.8) is 0 Å². The standard InChI is InChI=1S/C14H13N3O3.Na/c18-13(12-9-15-6-7-16-12)17-11(14(19)20)8-10-4-2-1-3-5-10;/h1-7,9,11H,8H2,(H,17,18)(H,19,20);/q;+1/p-1/t11-;/m0./s1. The van der Waals surface area contributed by atoms with Crippen LogP contribution < -0.4 is 40.0 Å². The molecule has 21 heavy (non-hydrogen) atoms. The van der Waals surface area contributed by atoms with Gasteiger partial charge in [-0.15, -0.1) is 0 Å². The molecule has 0 radical (unpaired) electrons. The van der Waals surface area contributed by atoms with Crippen LogP contribution >= 0.6 is 0 Å². The van der Waals surface area contributed by atoms with Crippen LogP contribution in [0.5, 0.6) is 0 Å². The number of amides is 1. The molecule has 1 aromatic carbocycles. The second-order valence-electron chi connectivity index (χ2n) is 4.13. The molecule has 1 heterocycles. The number of nitrogens with one attached hydrogen (secondary N) is 1. The van der Waals surface area contributed by atoms with Crippen molar-refractivity contribution in [3.05, 3.63) is 60.2 Å². The number of carboxylic acids is 1. The second-order valence-corrected chi connectivity index (χ2v) is 4.13. The summed E-state index contributed by atoms with van der Waals surface area (Å²) in [5.41, 5.74) is 0.855. The van der Waals surface area contributed by atoms with Crippen molar-refractivity contribution in [2.75, 3.05) is 0 Å². The molecule has 0 aliphatic heterocycles. The molecular weight excluding hydrogens is 281 g/mol. The van der Waals surface area contributed by atoms with E-state index in [4.69, 9.17) is 0 Å².